The zero-order valence-electron chi connectivity index (χ0n) is 11.3. The van der Waals surface area contributed by atoms with Crippen molar-refractivity contribution in [3.05, 3.63) is 59.7 Å². The highest BCUT2D eigenvalue weighted by Gasteiger charge is 2.07. The van der Waals surface area contributed by atoms with Crippen molar-refractivity contribution in [3.8, 4) is 0 Å². The number of carbonyl (C=O) groups is 1. The molecule has 0 atom stereocenters. The van der Waals surface area contributed by atoms with Crippen LogP contribution in [-0.4, -0.2) is 16.8 Å². The number of thioether (sulfide) groups is 1. The monoisotopic (exact) mass is 287 g/mol. The summed E-state index contributed by atoms with van der Waals surface area (Å²) in [4.78, 5) is 13.3. The van der Waals surface area contributed by atoms with Crippen molar-refractivity contribution >= 4 is 23.4 Å². The summed E-state index contributed by atoms with van der Waals surface area (Å²) in [5.41, 5.74) is 2.10. The summed E-state index contributed by atoms with van der Waals surface area (Å²) in [5, 5.41) is 11.9. The topological polar surface area (TPSA) is 49.3 Å². The number of nitrogens with one attached hydrogen (secondary N) is 1. The summed E-state index contributed by atoms with van der Waals surface area (Å²) in [7, 11) is 0. The fourth-order valence-corrected chi connectivity index (χ4v) is 2.56. The molecule has 0 radical (unpaired) electrons. The summed E-state index contributed by atoms with van der Waals surface area (Å²) in [5.74, 6) is 0.836. The van der Waals surface area contributed by atoms with Crippen molar-refractivity contribution in [3.63, 3.8) is 0 Å². The number of rotatable bonds is 5. The van der Waals surface area contributed by atoms with Crippen LogP contribution in [0.3, 0.4) is 0 Å². The number of amides is 1. The molecule has 0 saturated carbocycles. The van der Waals surface area contributed by atoms with Gasteiger partial charge in [0, 0.05) is 16.1 Å². The third-order valence-electron chi connectivity index (χ3n) is 2.77. The van der Waals surface area contributed by atoms with Crippen LogP contribution < -0.4 is 5.32 Å². The molecule has 2 rings (SSSR count). The highest BCUT2D eigenvalue weighted by Crippen LogP contribution is 2.19. The first kappa shape index (κ1) is 14.6. The van der Waals surface area contributed by atoms with Crippen LogP contribution >= 0.6 is 11.8 Å². The second-order valence-corrected chi connectivity index (χ2v) is 5.61. The second-order valence-electron chi connectivity index (χ2n) is 4.27. The first-order valence-electron chi connectivity index (χ1n) is 6.47. The van der Waals surface area contributed by atoms with E-state index in [0.29, 0.717) is 11.3 Å². The van der Waals surface area contributed by atoms with Crippen LogP contribution in [0.2, 0.25) is 0 Å². The summed E-state index contributed by atoms with van der Waals surface area (Å²) in [6.45, 7) is 2.05. The van der Waals surface area contributed by atoms with Crippen molar-refractivity contribution in [2.24, 2.45) is 0 Å². The van der Waals surface area contributed by atoms with Crippen LogP contribution in [0.15, 0.2) is 53.4 Å². The van der Waals surface area contributed by atoms with Crippen LogP contribution in [0.1, 0.15) is 22.8 Å². The van der Waals surface area contributed by atoms with Gasteiger partial charge < -0.3 is 10.4 Å². The summed E-state index contributed by atoms with van der Waals surface area (Å²) < 4.78 is 0. The fourth-order valence-electron chi connectivity index (χ4n) is 1.84. The Labute approximate surface area is 123 Å². The summed E-state index contributed by atoms with van der Waals surface area (Å²) in [6, 6.07) is 14.8. The van der Waals surface area contributed by atoms with E-state index in [9.17, 15) is 4.79 Å². The van der Waals surface area contributed by atoms with E-state index in [0.717, 1.165) is 16.2 Å². The Hall–Kier alpha value is -1.78. The molecule has 2 aromatic carbocycles. The Morgan fingerprint density at radius 1 is 1.20 bits per heavy atom. The molecule has 0 unspecified atom stereocenters. The number of benzene rings is 2. The number of hydrogen-bond acceptors (Lipinski definition) is 3. The fraction of sp³-hybridized carbons (Fsp3) is 0.188. The molecule has 1 amide bonds. The molecule has 0 spiro atoms. The predicted molar refractivity (Wildman–Crippen MR) is 83.2 cm³/mol. The highest BCUT2D eigenvalue weighted by atomic mass is 32.2. The van der Waals surface area contributed by atoms with Gasteiger partial charge in [0.15, 0.2) is 0 Å². The SMILES string of the molecule is CCSc1cccc(C(=O)Nc2cccc(CO)c2)c1. The average molecular weight is 287 g/mol. The molecule has 2 N–H and O–H groups in total. The van der Waals surface area contributed by atoms with Crippen LogP contribution in [0.25, 0.3) is 0 Å². The molecule has 20 heavy (non-hydrogen) atoms. The quantitative estimate of drug-likeness (QED) is 0.827. The zero-order valence-corrected chi connectivity index (χ0v) is 12.1. The Morgan fingerprint density at radius 2 is 2.00 bits per heavy atom. The molecule has 0 aliphatic carbocycles. The van der Waals surface area contributed by atoms with Crippen molar-refractivity contribution in [2.45, 2.75) is 18.4 Å². The van der Waals surface area contributed by atoms with Crippen molar-refractivity contribution in [1.82, 2.24) is 0 Å². The maximum Gasteiger partial charge on any atom is 0.255 e. The van der Waals surface area contributed by atoms with Gasteiger partial charge in [-0.1, -0.05) is 25.1 Å². The van der Waals surface area contributed by atoms with Gasteiger partial charge in [0.05, 0.1) is 6.61 Å². The minimum atomic E-state index is -0.140. The van der Waals surface area contributed by atoms with E-state index < -0.39 is 0 Å². The highest BCUT2D eigenvalue weighted by molar-refractivity contribution is 7.99. The van der Waals surface area contributed by atoms with Crippen LogP contribution in [0.4, 0.5) is 5.69 Å². The lowest BCUT2D eigenvalue weighted by atomic mass is 10.2. The van der Waals surface area contributed by atoms with Gasteiger partial charge >= 0.3 is 0 Å². The molecule has 104 valence electrons. The zero-order chi connectivity index (χ0) is 14.4. The average Bonchev–Trinajstić information content (AvgIpc) is 2.48. The minimum Gasteiger partial charge on any atom is -0.392 e. The van der Waals surface area contributed by atoms with Crippen LogP contribution in [0, 0.1) is 0 Å². The van der Waals surface area contributed by atoms with E-state index >= 15 is 0 Å². The molecule has 0 bridgehead atoms. The number of aliphatic hydroxyl groups is 1. The van der Waals surface area contributed by atoms with Crippen molar-refractivity contribution in [2.75, 3.05) is 11.1 Å². The van der Waals surface area contributed by atoms with Gasteiger partial charge in [-0.25, -0.2) is 0 Å². The molecule has 0 saturated heterocycles. The lowest BCUT2D eigenvalue weighted by Gasteiger charge is -2.07. The third kappa shape index (κ3) is 3.85. The van der Waals surface area contributed by atoms with E-state index in [1.165, 1.54) is 0 Å². The maximum absolute atomic E-state index is 12.2. The summed E-state index contributed by atoms with van der Waals surface area (Å²) >= 11 is 1.71. The van der Waals surface area contributed by atoms with Gasteiger partial charge in [0.2, 0.25) is 0 Å². The normalized spacial score (nSPS) is 10.3. The van der Waals surface area contributed by atoms with Gasteiger partial charge in [-0.15, -0.1) is 11.8 Å². The molecular formula is C16H17NO2S. The van der Waals surface area contributed by atoms with Gasteiger partial charge in [0.25, 0.3) is 5.91 Å². The Bertz CT molecular complexity index is 599. The number of carbonyl (C=O) groups excluding carboxylic acids is 1. The Kier molecular flexibility index (Phi) is 5.21. The van der Waals surface area contributed by atoms with Gasteiger partial charge in [-0.2, -0.15) is 0 Å². The van der Waals surface area contributed by atoms with Crippen LogP contribution in [-0.2, 0) is 6.61 Å². The molecule has 0 aliphatic rings. The lowest BCUT2D eigenvalue weighted by molar-refractivity contribution is 0.102. The second kappa shape index (κ2) is 7.12. The van der Waals surface area contributed by atoms with Crippen molar-refractivity contribution < 1.29 is 9.90 Å². The lowest BCUT2D eigenvalue weighted by Crippen LogP contribution is -2.12. The smallest absolute Gasteiger partial charge is 0.255 e. The van der Waals surface area contributed by atoms with E-state index in [1.54, 1.807) is 23.9 Å². The van der Waals surface area contributed by atoms with Crippen LogP contribution in [0.5, 0.6) is 0 Å². The standard InChI is InChI=1S/C16H17NO2S/c1-2-20-15-8-4-6-13(10-15)16(19)17-14-7-3-5-12(9-14)11-18/h3-10,18H,2,11H2,1H3,(H,17,19). The molecule has 0 aliphatic heterocycles. The molecule has 2 aromatic rings. The number of hydrogen-bond donors (Lipinski definition) is 2. The van der Waals surface area contributed by atoms with E-state index in [-0.39, 0.29) is 12.5 Å². The molecular weight excluding hydrogens is 270 g/mol. The first-order chi connectivity index (χ1) is 9.72. The summed E-state index contributed by atoms with van der Waals surface area (Å²) in [6.07, 6.45) is 0. The Morgan fingerprint density at radius 3 is 2.75 bits per heavy atom. The third-order valence-corrected chi connectivity index (χ3v) is 3.65. The van der Waals surface area contributed by atoms with E-state index in [4.69, 9.17) is 5.11 Å². The largest absolute Gasteiger partial charge is 0.392 e. The molecule has 0 fully saturated rings. The Balaban J connectivity index is 2.12. The number of aliphatic hydroxyl groups excluding tert-OH is 1. The van der Waals surface area contributed by atoms with E-state index in [2.05, 4.69) is 12.2 Å². The van der Waals surface area contributed by atoms with Gasteiger partial charge in [-0.05, 0) is 41.6 Å². The van der Waals surface area contributed by atoms with E-state index in [1.807, 2.05) is 36.4 Å². The minimum absolute atomic E-state index is 0.0354. The maximum atomic E-state index is 12.2. The molecule has 4 heteroatoms. The molecule has 0 heterocycles. The number of anilines is 1. The molecule has 3 nitrogen and oxygen atoms in total. The predicted octanol–water partition coefficient (Wildman–Crippen LogP) is 3.54. The van der Waals surface area contributed by atoms with Gasteiger partial charge in [0.1, 0.15) is 0 Å². The van der Waals surface area contributed by atoms with Crippen molar-refractivity contribution in [1.29, 1.82) is 0 Å². The molecule has 0 aromatic heterocycles. The first-order valence-corrected chi connectivity index (χ1v) is 7.45. The van der Waals surface area contributed by atoms with Gasteiger partial charge in [-0.3, -0.25) is 4.79 Å².